The van der Waals surface area contributed by atoms with E-state index in [1.807, 2.05) is 37.8 Å². The van der Waals surface area contributed by atoms with E-state index in [-0.39, 0.29) is 36.0 Å². The van der Waals surface area contributed by atoms with Crippen molar-refractivity contribution >= 4 is 29.1 Å². The zero-order valence-electron chi connectivity index (χ0n) is 14.2. The molecule has 24 heavy (non-hydrogen) atoms. The molecule has 1 atom stereocenters. The lowest BCUT2D eigenvalue weighted by atomic mass is 10.1. The van der Waals surface area contributed by atoms with Crippen LogP contribution in [0.1, 0.15) is 37.3 Å². The average molecular weight is 351 g/mol. The second-order valence-electron chi connectivity index (χ2n) is 6.29. The van der Waals surface area contributed by atoms with E-state index in [2.05, 4.69) is 10.4 Å². The summed E-state index contributed by atoms with van der Waals surface area (Å²) in [5.74, 6) is -0.107. The lowest BCUT2D eigenvalue weighted by Gasteiger charge is -2.34. The first-order valence-electron chi connectivity index (χ1n) is 8.04. The predicted octanol–water partition coefficient (Wildman–Crippen LogP) is 1.83. The second-order valence-corrected chi connectivity index (χ2v) is 6.29. The van der Waals surface area contributed by atoms with E-state index in [9.17, 15) is 9.59 Å². The van der Waals surface area contributed by atoms with Crippen LogP contribution in [0.4, 0.5) is 0 Å². The third-order valence-electron chi connectivity index (χ3n) is 4.28. The molecule has 1 saturated heterocycles. The fourth-order valence-electron chi connectivity index (χ4n) is 2.99. The van der Waals surface area contributed by atoms with E-state index >= 15 is 0 Å². The summed E-state index contributed by atoms with van der Waals surface area (Å²) in [6, 6.07) is 7.22. The van der Waals surface area contributed by atoms with Crippen LogP contribution in [-0.4, -0.2) is 46.3 Å². The van der Waals surface area contributed by atoms with Gasteiger partial charge in [0.2, 0.25) is 0 Å². The summed E-state index contributed by atoms with van der Waals surface area (Å²) in [5, 5.41) is 8.85. The summed E-state index contributed by atoms with van der Waals surface area (Å²) < 4.78 is 1.41. The largest absolute Gasteiger partial charge is 0.332 e. The Morgan fingerprint density at radius 1 is 1.29 bits per heavy atom. The van der Waals surface area contributed by atoms with Crippen LogP contribution in [0, 0.1) is 0 Å². The quantitative estimate of drug-likeness (QED) is 0.897. The number of benzene rings is 1. The molecular weight excluding hydrogens is 328 g/mol. The molecule has 1 aromatic carbocycles. The summed E-state index contributed by atoms with van der Waals surface area (Å²) in [6.07, 6.45) is 0. The van der Waals surface area contributed by atoms with Gasteiger partial charge in [-0.05, 0) is 26.8 Å². The topological polar surface area (TPSA) is 67.2 Å². The molecule has 2 aromatic rings. The Kier molecular flexibility index (Phi) is 5.62. The van der Waals surface area contributed by atoms with Crippen LogP contribution in [0.2, 0.25) is 0 Å². The Morgan fingerprint density at radius 2 is 1.96 bits per heavy atom. The minimum atomic E-state index is -0.152. The molecule has 3 rings (SSSR count). The molecule has 6 nitrogen and oxygen atoms in total. The normalized spacial score (nSPS) is 17.8. The summed E-state index contributed by atoms with van der Waals surface area (Å²) in [6.45, 7) is 8.00. The van der Waals surface area contributed by atoms with Gasteiger partial charge in [-0.25, -0.2) is 4.68 Å². The lowest BCUT2D eigenvalue weighted by Crippen LogP contribution is -2.52. The number of nitrogens with one attached hydrogen (secondary N) is 1. The van der Waals surface area contributed by atoms with Gasteiger partial charge >= 0.3 is 0 Å². The number of halogens is 1. The number of rotatable bonds is 2. The summed E-state index contributed by atoms with van der Waals surface area (Å²) >= 11 is 0. The molecule has 1 aliphatic rings. The SMILES string of the molecule is CC1CNCCN1C(=O)c1nn(C(C)C)c(=O)c2ccccc12.Cl. The minimum absolute atomic E-state index is 0. The fraction of sp³-hybridized carbons (Fsp3) is 0.471. The summed E-state index contributed by atoms with van der Waals surface area (Å²) in [4.78, 5) is 27.4. The number of hydrogen-bond donors (Lipinski definition) is 1. The van der Waals surface area contributed by atoms with Gasteiger partial charge < -0.3 is 10.2 Å². The number of carbonyl (C=O) groups excluding carboxylic acids is 1. The van der Waals surface area contributed by atoms with E-state index in [0.717, 1.165) is 13.1 Å². The number of fused-ring (bicyclic) bond motifs is 1. The number of amides is 1. The van der Waals surface area contributed by atoms with Gasteiger partial charge in [-0.15, -0.1) is 12.4 Å². The highest BCUT2D eigenvalue weighted by atomic mass is 35.5. The Morgan fingerprint density at radius 3 is 2.58 bits per heavy atom. The summed E-state index contributed by atoms with van der Waals surface area (Å²) in [7, 11) is 0. The van der Waals surface area contributed by atoms with E-state index in [1.165, 1.54) is 4.68 Å². The van der Waals surface area contributed by atoms with Crippen molar-refractivity contribution in [3.8, 4) is 0 Å². The van der Waals surface area contributed by atoms with Crippen molar-refractivity contribution in [1.29, 1.82) is 0 Å². The van der Waals surface area contributed by atoms with Crippen molar-refractivity contribution in [2.45, 2.75) is 32.9 Å². The minimum Gasteiger partial charge on any atom is -0.332 e. The van der Waals surface area contributed by atoms with Gasteiger partial charge in [-0.2, -0.15) is 5.10 Å². The molecule has 0 bridgehead atoms. The maximum atomic E-state index is 13.0. The Hall–Kier alpha value is -1.92. The van der Waals surface area contributed by atoms with Crippen LogP contribution < -0.4 is 10.9 Å². The molecule has 1 aromatic heterocycles. The Labute approximate surface area is 147 Å². The highest BCUT2D eigenvalue weighted by Gasteiger charge is 2.27. The van der Waals surface area contributed by atoms with Gasteiger partial charge in [0.25, 0.3) is 11.5 Å². The zero-order chi connectivity index (χ0) is 16.6. The first-order chi connectivity index (χ1) is 11.0. The molecule has 0 saturated carbocycles. The Balaban J connectivity index is 0.00000208. The summed E-state index contributed by atoms with van der Waals surface area (Å²) in [5.41, 5.74) is 0.211. The molecule has 1 N–H and O–H groups in total. The van der Waals surface area contributed by atoms with Gasteiger partial charge in [0.15, 0.2) is 5.69 Å². The van der Waals surface area contributed by atoms with E-state index in [0.29, 0.717) is 23.0 Å². The molecule has 130 valence electrons. The first-order valence-corrected chi connectivity index (χ1v) is 8.04. The van der Waals surface area contributed by atoms with Crippen molar-refractivity contribution in [1.82, 2.24) is 20.0 Å². The van der Waals surface area contributed by atoms with Gasteiger partial charge in [0, 0.05) is 31.1 Å². The lowest BCUT2D eigenvalue weighted by molar-refractivity contribution is 0.0649. The number of aromatic nitrogens is 2. The fourth-order valence-corrected chi connectivity index (χ4v) is 2.99. The van der Waals surface area contributed by atoms with Gasteiger partial charge in [-0.1, -0.05) is 18.2 Å². The van der Waals surface area contributed by atoms with Gasteiger partial charge in [-0.3, -0.25) is 9.59 Å². The van der Waals surface area contributed by atoms with Crippen LogP contribution in [0.15, 0.2) is 29.1 Å². The van der Waals surface area contributed by atoms with Crippen molar-refractivity contribution in [3.05, 3.63) is 40.3 Å². The van der Waals surface area contributed by atoms with Crippen LogP contribution in [0.5, 0.6) is 0 Å². The highest BCUT2D eigenvalue weighted by Crippen LogP contribution is 2.18. The number of piperazine rings is 1. The monoisotopic (exact) mass is 350 g/mol. The van der Waals surface area contributed by atoms with Crippen molar-refractivity contribution in [2.24, 2.45) is 0 Å². The van der Waals surface area contributed by atoms with Crippen LogP contribution in [0.3, 0.4) is 0 Å². The molecule has 0 aliphatic carbocycles. The molecule has 1 amide bonds. The first kappa shape index (κ1) is 18.4. The van der Waals surface area contributed by atoms with Crippen LogP contribution in [0.25, 0.3) is 10.8 Å². The van der Waals surface area contributed by atoms with Crippen molar-refractivity contribution < 1.29 is 4.79 Å². The third-order valence-corrected chi connectivity index (χ3v) is 4.28. The van der Waals surface area contributed by atoms with Crippen molar-refractivity contribution in [3.63, 3.8) is 0 Å². The zero-order valence-corrected chi connectivity index (χ0v) is 15.0. The smallest absolute Gasteiger partial charge is 0.275 e. The average Bonchev–Trinajstić information content (AvgIpc) is 2.55. The van der Waals surface area contributed by atoms with Gasteiger partial charge in [0.1, 0.15) is 0 Å². The molecule has 1 fully saturated rings. The highest BCUT2D eigenvalue weighted by molar-refractivity contribution is 6.04. The maximum absolute atomic E-state index is 13.0. The van der Waals surface area contributed by atoms with Crippen LogP contribution >= 0.6 is 12.4 Å². The maximum Gasteiger partial charge on any atom is 0.275 e. The molecule has 2 heterocycles. The molecule has 0 spiro atoms. The standard InChI is InChI=1S/C17H22N4O2.ClH/c1-11(2)21-16(22)14-7-5-4-6-13(14)15(19-21)17(23)20-9-8-18-10-12(20)3;/h4-7,11-12,18H,8-10H2,1-3H3;1H. The molecule has 1 aliphatic heterocycles. The Bertz CT molecular complexity index is 803. The van der Waals surface area contributed by atoms with E-state index in [4.69, 9.17) is 0 Å². The van der Waals surface area contributed by atoms with Crippen LogP contribution in [-0.2, 0) is 0 Å². The van der Waals surface area contributed by atoms with E-state index < -0.39 is 0 Å². The third kappa shape index (κ3) is 3.16. The molecular formula is C17H23ClN4O2. The number of nitrogens with zero attached hydrogens (tertiary/aromatic N) is 3. The molecule has 0 radical (unpaired) electrons. The van der Waals surface area contributed by atoms with Crippen molar-refractivity contribution in [2.75, 3.05) is 19.6 Å². The predicted molar refractivity (Wildman–Crippen MR) is 97.0 cm³/mol. The number of carbonyl (C=O) groups is 1. The second kappa shape index (κ2) is 7.32. The van der Waals surface area contributed by atoms with E-state index in [1.54, 1.807) is 12.1 Å². The van der Waals surface area contributed by atoms with Gasteiger partial charge in [0.05, 0.1) is 11.4 Å². The number of hydrogen-bond acceptors (Lipinski definition) is 4. The molecule has 7 heteroatoms. The molecule has 1 unspecified atom stereocenters.